The molecule has 1 aromatic carbocycles. The first kappa shape index (κ1) is 13.4. The number of hydrogen-bond donors (Lipinski definition) is 3. The maximum absolute atomic E-state index is 12.0. The van der Waals surface area contributed by atoms with Crippen LogP contribution < -0.4 is 20.7 Å². The molecule has 1 unspecified atom stereocenters. The molecule has 2 amide bonds. The van der Waals surface area contributed by atoms with Crippen LogP contribution in [0.1, 0.15) is 5.56 Å². The fraction of sp³-hybridized carbons (Fsp3) is 0.385. The van der Waals surface area contributed by atoms with Crippen LogP contribution in [0, 0.1) is 6.92 Å². The van der Waals surface area contributed by atoms with Gasteiger partial charge in [0.15, 0.2) is 0 Å². The molecule has 0 radical (unpaired) electrons. The first-order valence-electron chi connectivity index (χ1n) is 6.05. The van der Waals surface area contributed by atoms with E-state index in [1.807, 2.05) is 13.0 Å². The number of anilines is 1. The van der Waals surface area contributed by atoms with Crippen LogP contribution in [0.25, 0.3) is 0 Å². The third-order valence-electron chi connectivity index (χ3n) is 2.99. The van der Waals surface area contributed by atoms with Gasteiger partial charge in [-0.2, -0.15) is 0 Å². The average molecular weight is 263 g/mol. The van der Waals surface area contributed by atoms with E-state index in [9.17, 15) is 9.59 Å². The summed E-state index contributed by atoms with van der Waals surface area (Å²) < 4.78 is 5.16. The zero-order valence-electron chi connectivity index (χ0n) is 10.9. The standard InChI is InChI=1S/C13H17N3O3/c1-8-5-9(3-4-11(8)19-2)16-13(18)10-6-15-12(17)7-14-10/h3-5,10,14H,6-7H2,1-2H3,(H,15,17)(H,16,18). The Kier molecular flexibility index (Phi) is 4.01. The monoisotopic (exact) mass is 263 g/mol. The molecule has 0 saturated carbocycles. The summed E-state index contributed by atoms with van der Waals surface area (Å²) >= 11 is 0. The number of benzene rings is 1. The number of methoxy groups -OCH3 is 1. The number of hydrogen-bond acceptors (Lipinski definition) is 4. The van der Waals surface area contributed by atoms with Gasteiger partial charge in [-0.25, -0.2) is 0 Å². The van der Waals surface area contributed by atoms with E-state index in [4.69, 9.17) is 4.74 Å². The van der Waals surface area contributed by atoms with E-state index >= 15 is 0 Å². The summed E-state index contributed by atoms with van der Waals surface area (Å²) in [6.45, 7) is 2.38. The highest BCUT2D eigenvalue weighted by molar-refractivity contribution is 5.96. The molecular formula is C13H17N3O3. The molecule has 1 aliphatic rings. The van der Waals surface area contributed by atoms with Crippen molar-refractivity contribution in [2.24, 2.45) is 0 Å². The van der Waals surface area contributed by atoms with Crippen LogP contribution in [-0.2, 0) is 9.59 Å². The highest BCUT2D eigenvalue weighted by Crippen LogP contribution is 2.21. The number of amides is 2. The lowest BCUT2D eigenvalue weighted by Gasteiger charge is -2.23. The fourth-order valence-corrected chi connectivity index (χ4v) is 1.94. The Hall–Kier alpha value is -2.08. The van der Waals surface area contributed by atoms with Crippen LogP contribution in [0.5, 0.6) is 5.75 Å². The van der Waals surface area contributed by atoms with E-state index in [0.717, 1.165) is 11.3 Å². The molecule has 19 heavy (non-hydrogen) atoms. The molecule has 3 N–H and O–H groups in total. The number of ether oxygens (including phenoxy) is 1. The molecule has 6 heteroatoms. The van der Waals surface area contributed by atoms with Gasteiger partial charge in [0.2, 0.25) is 11.8 Å². The molecule has 0 aromatic heterocycles. The summed E-state index contributed by atoms with van der Waals surface area (Å²) in [4.78, 5) is 23.0. The zero-order valence-corrected chi connectivity index (χ0v) is 10.9. The van der Waals surface area contributed by atoms with Crippen LogP contribution in [0.2, 0.25) is 0 Å². The van der Waals surface area contributed by atoms with E-state index in [0.29, 0.717) is 12.2 Å². The maximum Gasteiger partial charge on any atom is 0.243 e. The topological polar surface area (TPSA) is 79.5 Å². The molecular weight excluding hydrogens is 246 g/mol. The van der Waals surface area contributed by atoms with Gasteiger partial charge in [-0.15, -0.1) is 0 Å². The largest absolute Gasteiger partial charge is 0.496 e. The molecule has 0 aliphatic carbocycles. The smallest absolute Gasteiger partial charge is 0.243 e. The Bertz CT molecular complexity index is 492. The summed E-state index contributed by atoms with van der Waals surface area (Å²) in [6.07, 6.45) is 0. The minimum atomic E-state index is -0.403. The molecule has 0 bridgehead atoms. The van der Waals surface area contributed by atoms with E-state index in [2.05, 4.69) is 16.0 Å². The Morgan fingerprint density at radius 3 is 2.84 bits per heavy atom. The molecule has 1 atom stereocenters. The van der Waals surface area contributed by atoms with Crippen LogP contribution in [0.3, 0.4) is 0 Å². The predicted octanol–water partition coefficient (Wildman–Crippen LogP) is 0.0301. The molecule has 1 saturated heterocycles. The van der Waals surface area contributed by atoms with E-state index in [1.165, 1.54) is 0 Å². The molecule has 0 spiro atoms. The first-order chi connectivity index (χ1) is 9.10. The lowest BCUT2D eigenvalue weighted by atomic mass is 10.1. The van der Waals surface area contributed by atoms with Crippen LogP contribution in [-0.4, -0.2) is 38.1 Å². The third-order valence-corrected chi connectivity index (χ3v) is 2.99. The fourth-order valence-electron chi connectivity index (χ4n) is 1.94. The van der Waals surface area contributed by atoms with Gasteiger partial charge in [0.05, 0.1) is 13.7 Å². The number of piperazine rings is 1. The number of rotatable bonds is 3. The van der Waals surface area contributed by atoms with E-state index < -0.39 is 6.04 Å². The number of carbonyl (C=O) groups excluding carboxylic acids is 2. The van der Waals surface area contributed by atoms with Crippen molar-refractivity contribution in [3.8, 4) is 5.75 Å². The van der Waals surface area contributed by atoms with Crippen molar-refractivity contribution in [3.05, 3.63) is 23.8 Å². The Morgan fingerprint density at radius 2 is 2.26 bits per heavy atom. The second kappa shape index (κ2) is 5.71. The van der Waals surface area contributed by atoms with Gasteiger partial charge in [0.1, 0.15) is 11.8 Å². The number of aryl methyl sites for hydroxylation is 1. The van der Waals surface area contributed by atoms with E-state index in [1.54, 1.807) is 19.2 Å². The normalized spacial score (nSPS) is 18.6. The van der Waals surface area contributed by atoms with Gasteiger partial charge in [0.25, 0.3) is 0 Å². The average Bonchev–Trinajstić information content (AvgIpc) is 2.39. The quantitative estimate of drug-likeness (QED) is 0.719. The van der Waals surface area contributed by atoms with Gasteiger partial charge >= 0.3 is 0 Å². The second-order valence-electron chi connectivity index (χ2n) is 4.41. The van der Waals surface area contributed by atoms with Crippen molar-refractivity contribution in [1.82, 2.24) is 10.6 Å². The van der Waals surface area contributed by atoms with E-state index in [-0.39, 0.29) is 18.4 Å². The molecule has 102 valence electrons. The molecule has 2 rings (SSSR count). The van der Waals surface area contributed by atoms with Crippen LogP contribution >= 0.6 is 0 Å². The Morgan fingerprint density at radius 1 is 1.47 bits per heavy atom. The third kappa shape index (κ3) is 3.23. The van der Waals surface area contributed by atoms with Crippen molar-refractivity contribution in [2.75, 3.05) is 25.5 Å². The molecule has 1 heterocycles. The predicted molar refractivity (Wildman–Crippen MR) is 71.2 cm³/mol. The number of nitrogens with one attached hydrogen (secondary N) is 3. The van der Waals surface area contributed by atoms with Gasteiger partial charge in [0, 0.05) is 12.2 Å². The SMILES string of the molecule is COc1ccc(NC(=O)C2CNC(=O)CN2)cc1C. The maximum atomic E-state index is 12.0. The lowest BCUT2D eigenvalue weighted by Crippen LogP contribution is -2.56. The Balaban J connectivity index is 1.99. The van der Waals surface area contributed by atoms with Crippen molar-refractivity contribution in [2.45, 2.75) is 13.0 Å². The molecule has 1 aromatic rings. The van der Waals surface area contributed by atoms with Gasteiger partial charge < -0.3 is 15.4 Å². The van der Waals surface area contributed by atoms with Crippen molar-refractivity contribution < 1.29 is 14.3 Å². The molecule has 1 aliphatic heterocycles. The van der Waals surface area contributed by atoms with Crippen LogP contribution in [0.4, 0.5) is 5.69 Å². The summed E-state index contributed by atoms with van der Waals surface area (Å²) in [6, 6.07) is 5.03. The van der Waals surface area contributed by atoms with Crippen molar-refractivity contribution in [3.63, 3.8) is 0 Å². The minimum Gasteiger partial charge on any atom is -0.496 e. The van der Waals surface area contributed by atoms with Crippen molar-refractivity contribution in [1.29, 1.82) is 0 Å². The molecule has 1 fully saturated rings. The lowest BCUT2D eigenvalue weighted by molar-refractivity contribution is -0.124. The highest BCUT2D eigenvalue weighted by Gasteiger charge is 2.23. The van der Waals surface area contributed by atoms with Crippen molar-refractivity contribution >= 4 is 17.5 Å². The summed E-state index contributed by atoms with van der Waals surface area (Å²) in [5, 5.41) is 8.33. The second-order valence-corrected chi connectivity index (χ2v) is 4.41. The summed E-state index contributed by atoms with van der Waals surface area (Å²) in [7, 11) is 1.61. The van der Waals surface area contributed by atoms with Crippen LogP contribution in [0.15, 0.2) is 18.2 Å². The highest BCUT2D eigenvalue weighted by atomic mass is 16.5. The Labute approximate surface area is 111 Å². The first-order valence-corrected chi connectivity index (χ1v) is 6.05. The van der Waals surface area contributed by atoms with Gasteiger partial charge in [-0.3, -0.25) is 14.9 Å². The van der Waals surface area contributed by atoms with Gasteiger partial charge in [-0.1, -0.05) is 0 Å². The zero-order chi connectivity index (χ0) is 13.8. The number of carbonyl (C=O) groups is 2. The summed E-state index contributed by atoms with van der Waals surface area (Å²) in [5.41, 5.74) is 1.66. The molecule has 6 nitrogen and oxygen atoms in total. The minimum absolute atomic E-state index is 0.0932. The summed E-state index contributed by atoms with van der Waals surface area (Å²) in [5.74, 6) is 0.523. The van der Waals surface area contributed by atoms with Gasteiger partial charge in [-0.05, 0) is 30.7 Å².